The molecule has 9 nitrogen and oxygen atoms in total. The number of nitrogens with one attached hydrogen (secondary N) is 1. The maximum absolute atomic E-state index is 13.2. The summed E-state index contributed by atoms with van der Waals surface area (Å²) in [6.45, 7) is 4.17. The molecule has 1 aliphatic carbocycles. The Bertz CT molecular complexity index is 961. The summed E-state index contributed by atoms with van der Waals surface area (Å²) in [6.07, 6.45) is 4.49. The van der Waals surface area contributed by atoms with Gasteiger partial charge in [0.05, 0.1) is 25.7 Å². The molecule has 0 fully saturated rings. The van der Waals surface area contributed by atoms with Crippen LogP contribution in [-0.2, 0) is 9.59 Å². The third-order valence-electron chi connectivity index (χ3n) is 6.65. The lowest BCUT2D eigenvalue weighted by Gasteiger charge is -2.40. The fourth-order valence-corrected chi connectivity index (χ4v) is 4.91. The zero-order valence-corrected chi connectivity index (χ0v) is 20.7. The van der Waals surface area contributed by atoms with E-state index in [1.807, 2.05) is 0 Å². The Balaban J connectivity index is 2.06. The number of carbonyl (C=O) groups is 3. The van der Waals surface area contributed by atoms with Crippen LogP contribution in [-0.4, -0.2) is 78.3 Å². The van der Waals surface area contributed by atoms with Crippen LogP contribution < -0.4 is 14.8 Å². The van der Waals surface area contributed by atoms with Gasteiger partial charge in [0.15, 0.2) is 11.5 Å². The largest absolute Gasteiger partial charge is 0.493 e. The van der Waals surface area contributed by atoms with Crippen molar-refractivity contribution in [2.45, 2.75) is 70.1 Å². The summed E-state index contributed by atoms with van der Waals surface area (Å²) in [5.74, 6) is -0.509. The quantitative estimate of drug-likeness (QED) is 0.303. The number of hydrogen-bond donors (Lipinski definition) is 3. The third-order valence-corrected chi connectivity index (χ3v) is 6.65. The molecule has 3 rings (SSSR count). The summed E-state index contributed by atoms with van der Waals surface area (Å²) in [5, 5.41) is 23.3. The summed E-state index contributed by atoms with van der Waals surface area (Å²) in [7, 11) is 1.46. The second kappa shape index (κ2) is 12.2. The number of benzene rings is 1. The van der Waals surface area contributed by atoms with Crippen LogP contribution in [0.2, 0.25) is 0 Å². The molecular formula is C26H36N2O7. The van der Waals surface area contributed by atoms with Crippen molar-refractivity contribution < 1.29 is 34.1 Å². The Morgan fingerprint density at radius 1 is 1.23 bits per heavy atom. The number of fused-ring (bicyclic) bond motifs is 3. The molecule has 2 aliphatic rings. The van der Waals surface area contributed by atoms with Crippen molar-refractivity contribution >= 4 is 18.1 Å². The van der Waals surface area contributed by atoms with Crippen LogP contribution in [0, 0.1) is 0 Å². The van der Waals surface area contributed by atoms with Gasteiger partial charge in [-0.1, -0.05) is 33.1 Å². The molecule has 1 heterocycles. The molecule has 192 valence electrons. The predicted molar refractivity (Wildman–Crippen MR) is 130 cm³/mol. The maximum Gasteiger partial charge on any atom is 0.247 e. The van der Waals surface area contributed by atoms with Crippen LogP contribution in [0.1, 0.15) is 67.8 Å². The lowest BCUT2D eigenvalue weighted by molar-refractivity contribution is -0.137. The van der Waals surface area contributed by atoms with E-state index in [1.54, 1.807) is 30.0 Å². The van der Waals surface area contributed by atoms with Crippen LogP contribution in [0.5, 0.6) is 11.5 Å². The first-order chi connectivity index (χ1) is 16.9. The normalized spacial score (nSPS) is 22.4. The molecule has 3 N–H and O–H groups in total. The number of nitrogens with zero attached hydrogens (tertiary/aromatic N) is 1. The summed E-state index contributed by atoms with van der Waals surface area (Å²) in [4.78, 5) is 39.3. The number of hydrogen-bond acceptors (Lipinski definition) is 7. The van der Waals surface area contributed by atoms with E-state index in [0.717, 1.165) is 25.7 Å². The van der Waals surface area contributed by atoms with Gasteiger partial charge < -0.3 is 29.9 Å². The van der Waals surface area contributed by atoms with Gasteiger partial charge >= 0.3 is 0 Å². The molecule has 4 unspecified atom stereocenters. The third kappa shape index (κ3) is 5.51. The van der Waals surface area contributed by atoms with E-state index in [1.165, 1.54) is 7.11 Å². The van der Waals surface area contributed by atoms with Gasteiger partial charge in [-0.05, 0) is 24.6 Å². The van der Waals surface area contributed by atoms with Gasteiger partial charge in [0.2, 0.25) is 11.8 Å². The Morgan fingerprint density at radius 2 is 2.00 bits per heavy atom. The van der Waals surface area contributed by atoms with Crippen LogP contribution in [0.3, 0.4) is 0 Å². The lowest BCUT2D eigenvalue weighted by atomic mass is 9.77. The zero-order valence-electron chi connectivity index (χ0n) is 20.7. The molecule has 0 saturated heterocycles. The van der Waals surface area contributed by atoms with Crippen LogP contribution in [0.4, 0.5) is 0 Å². The van der Waals surface area contributed by atoms with Crippen molar-refractivity contribution in [2.24, 2.45) is 0 Å². The SMILES string of the molecule is CCCCCCN(C(=O)CC)C1C=C(C(=O)NCCO)C2c3cc(C=O)cc(OC)c3OC2C1O. The van der Waals surface area contributed by atoms with E-state index in [9.17, 15) is 24.6 Å². The summed E-state index contributed by atoms with van der Waals surface area (Å²) < 4.78 is 11.6. The molecule has 2 amide bonds. The minimum Gasteiger partial charge on any atom is -0.493 e. The van der Waals surface area contributed by atoms with Gasteiger partial charge in [0.1, 0.15) is 18.5 Å². The van der Waals surface area contributed by atoms with Gasteiger partial charge in [0, 0.05) is 36.2 Å². The predicted octanol–water partition coefficient (Wildman–Crippen LogP) is 1.95. The van der Waals surface area contributed by atoms with Crippen molar-refractivity contribution in [3.8, 4) is 11.5 Å². The number of aliphatic hydroxyl groups is 2. The topological polar surface area (TPSA) is 125 Å². The van der Waals surface area contributed by atoms with Crippen molar-refractivity contribution in [1.29, 1.82) is 0 Å². The number of rotatable bonds is 12. The molecular weight excluding hydrogens is 452 g/mol. The molecule has 0 spiro atoms. The van der Waals surface area contributed by atoms with Crippen molar-refractivity contribution in [3.63, 3.8) is 0 Å². The molecule has 4 atom stereocenters. The number of methoxy groups -OCH3 is 1. The van der Waals surface area contributed by atoms with Crippen molar-refractivity contribution in [3.05, 3.63) is 34.9 Å². The molecule has 1 aromatic carbocycles. The molecule has 0 aromatic heterocycles. The monoisotopic (exact) mass is 488 g/mol. The summed E-state index contributed by atoms with van der Waals surface area (Å²) in [6, 6.07) is 2.42. The average Bonchev–Trinajstić information content (AvgIpc) is 3.27. The fourth-order valence-electron chi connectivity index (χ4n) is 4.91. The van der Waals surface area contributed by atoms with Gasteiger partial charge in [0.25, 0.3) is 0 Å². The standard InChI is InChI=1S/C26H36N2O7/c1-4-6-7-8-10-28(21(31)5-2)19-14-18(26(33)27-9-11-29)22-17-12-16(15-30)13-20(34-3)24(17)35-25(22)23(19)32/h12-15,19,22-23,25,29,32H,4-11H2,1-3H3,(H,27,33). The highest BCUT2D eigenvalue weighted by Gasteiger charge is 2.51. The van der Waals surface area contributed by atoms with Crippen LogP contribution in [0.15, 0.2) is 23.8 Å². The minimum atomic E-state index is -1.10. The number of carbonyl (C=O) groups excluding carboxylic acids is 3. The first-order valence-electron chi connectivity index (χ1n) is 12.3. The maximum atomic E-state index is 13.2. The zero-order chi connectivity index (χ0) is 25.5. The Labute approximate surface area is 206 Å². The van der Waals surface area contributed by atoms with E-state index >= 15 is 0 Å². The van der Waals surface area contributed by atoms with E-state index in [0.29, 0.717) is 41.0 Å². The Hall–Kier alpha value is -2.91. The highest BCUT2D eigenvalue weighted by atomic mass is 16.5. The van der Waals surface area contributed by atoms with Crippen LogP contribution in [0.25, 0.3) is 0 Å². The number of aliphatic hydroxyl groups excluding tert-OH is 2. The summed E-state index contributed by atoms with van der Waals surface area (Å²) >= 11 is 0. The van der Waals surface area contributed by atoms with Crippen molar-refractivity contribution in [2.75, 3.05) is 26.8 Å². The van der Waals surface area contributed by atoms with Gasteiger partial charge in [-0.2, -0.15) is 0 Å². The van der Waals surface area contributed by atoms with E-state index in [-0.39, 0.29) is 25.5 Å². The number of unbranched alkanes of at least 4 members (excludes halogenated alkanes) is 3. The van der Waals surface area contributed by atoms with Gasteiger partial charge in [-0.15, -0.1) is 0 Å². The molecule has 1 aromatic rings. The van der Waals surface area contributed by atoms with E-state index < -0.39 is 30.1 Å². The molecule has 0 radical (unpaired) electrons. The second-order valence-electron chi connectivity index (χ2n) is 8.90. The molecule has 0 bridgehead atoms. The first-order valence-corrected chi connectivity index (χ1v) is 12.3. The summed E-state index contributed by atoms with van der Waals surface area (Å²) in [5.41, 5.74) is 1.25. The Kier molecular flexibility index (Phi) is 9.28. The second-order valence-corrected chi connectivity index (χ2v) is 8.90. The molecule has 9 heteroatoms. The number of ether oxygens (including phenoxy) is 2. The fraction of sp³-hybridized carbons (Fsp3) is 0.577. The van der Waals surface area contributed by atoms with E-state index in [4.69, 9.17) is 9.47 Å². The lowest BCUT2D eigenvalue weighted by Crippen LogP contribution is -2.56. The smallest absolute Gasteiger partial charge is 0.247 e. The number of amides is 2. The van der Waals surface area contributed by atoms with Gasteiger partial charge in [-0.3, -0.25) is 14.4 Å². The van der Waals surface area contributed by atoms with Crippen LogP contribution >= 0.6 is 0 Å². The molecule has 0 saturated carbocycles. The molecule has 1 aliphatic heterocycles. The van der Waals surface area contributed by atoms with E-state index in [2.05, 4.69) is 12.2 Å². The highest BCUT2D eigenvalue weighted by molar-refractivity contribution is 5.96. The van der Waals surface area contributed by atoms with Crippen molar-refractivity contribution in [1.82, 2.24) is 10.2 Å². The minimum absolute atomic E-state index is 0.0564. The first kappa shape index (κ1) is 26.7. The van der Waals surface area contributed by atoms with Gasteiger partial charge in [-0.25, -0.2) is 0 Å². The highest BCUT2D eigenvalue weighted by Crippen LogP contribution is 2.51. The number of aldehydes is 1. The average molecular weight is 489 g/mol. The Morgan fingerprint density at radius 3 is 2.63 bits per heavy atom. The molecule has 35 heavy (non-hydrogen) atoms.